The van der Waals surface area contributed by atoms with Crippen molar-refractivity contribution < 1.29 is 9.26 Å². The van der Waals surface area contributed by atoms with E-state index in [2.05, 4.69) is 38.2 Å². The van der Waals surface area contributed by atoms with Crippen LogP contribution < -0.4 is 4.74 Å². The maximum atomic E-state index is 5.76. The van der Waals surface area contributed by atoms with Gasteiger partial charge in [-0.1, -0.05) is 42.4 Å². The summed E-state index contributed by atoms with van der Waals surface area (Å²) in [6.45, 7) is 2.26. The summed E-state index contributed by atoms with van der Waals surface area (Å²) in [6.07, 6.45) is 0.729. The molecule has 0 atom stereocenters. The first kappa shape index (κ1) is 13.1. The maximum Gasteiger partial charge on any atom is 0.226 e. The molecule has 2 aromatic carbocycles. The molecule has 0 fully saturated rings. The van der Waals surface area contributed by atoms with E-state index in [9.17, 15) is 0 Å². The number of rotatable bonds is 4. The number of hydrogen-bond acceptors (Lipinski definition) is 4. The van der Waals surface area contributed by atoms with Crippen molar-refractivity contribution in [3.8, 4) is 5.75 Å². The predicted octanol–water partition coefficient (Wildman–Crippen LogP) is 4.13. The van der Waals surface area contributed by atoms with Crippen LogP contribution in [0.1, 0.15) is 18.6 Å². The molecule has 3 aromatic rings. The molecule has 4 nitrogen and oxygen atoms in total. The molecule has 5 heteroatoms. The van der Waals surface area contributed by atoms with Gasteiger partial charge in [-0.05, 0) is 32.8 Å². The Kier molecular flexibility index (Phi) is 3.69. The van der Waals surface area contributed by atoms with Crippen LogP contribution in [0.15, 0.2) is 45.4 Å². The first-order chi connectivity index (χ1) is 9.78. The summed E-state index contributed by atoms with van der Waals surface area (Å²) in [5.41, 5.74) is 0. The molecule has 0 aliphatic carbocycles. The smallest absolute Gasteiger partial charge is 0.226 e. The number of ether oxygens (including phenoxy) is 1. The Morgan fingerprint density at radius 1 is 1.20 bits per heavy atom. The average molecular weight is 333 g/mol. The van der Waals surface area contributed by atoms with Gasteiger partial charge in [0.05, 0.1) is 4.47 Å². The summed E-state index contributed by atoms with van der Waals surface area (Å²) < 4.78 is 11.7. The summed E-state index contributed by atoms with van der Waals surface area (Å²) in [6, 6.07) is 12.1. The van der Waals surface area contributed by atoms with Gasteiger partial charge < -0.3 is 9.26 Å². The lowest BCUT2D eigenvalue weighted by Gasteiger charge is -2.08. The zero-order chi connectivity index (χ0) is 13.9. The summed E-state index contributed by atoms with van der Waals surface area (Å²) in [5.74, 6) is 1.95. The van der Waals surface area contributed by atoms with Crippen molar-refractivity contribution in [2.24, 2.45) is 0 Å². The third kappa shape index (κ3) is 2.54. The molecule has 0 bridgehead atoms. The van der Waals surface area contributed by atoms with Crippen LogP contribution in [0.5, 0.6) is 5.75 Å². The molecule has 0 aliphatic rings. The second kappa shape index (κ2) is 5.63. The molecule has 0 unspecified atom stereocenters. The van der Waals surface area contributed by atoms with Crippen LogP contribution in [0, 0.1) is 0 Å². The van der Waals surface area contributed by atoms with E-state index in [0.29, 0.717) is 18.3 Å². The van der Waals surface area contributed by atoms with Crippen LogP contribution >= 0.6 is 15.9 Å². The van der Waals surface area contributed by atoms with Crippen molar-refractivity contribution in [2.75, 3.05) is 0 Å². The maximum absolute atomic E-state index is 5.76. The van der Waals surface area contributed by atoms with Gasteiger partial charge in [0, 0.05) is 6.42 Å². The quantitative estimate of drug-likeness (QED) is 0.720. The van der Waals surface area contributed by atoms with Gasteiger partial charge in [0.15, 0.2) is 6.61 Å². The Hall–Kier alpha value is -1.88. The minimum atomic E-state index is 0.292. The molecular weight excluding hydrogens is 320 g/mol. The number of benzene rings is 2. The summed E-state index contributed by atoms with van der Waals surface area (Å²) in [5, 5.41) is 6.15. The Bertz CT molecular complexity index is 740. The van der Waals surface area contributed by atoms with Gasteiger partial charge >= 0.3 is 0 Å². The van der Waals surface area contributed by atoms with Crippen LogP contribution in [-0.2, 0) is 13.0 Å². The first-order valence-corrected chi connectivity index (χ1v) is 7.18. The SMILES string of the molecule is CCc1nc(COc2ccc3ccccc3c2Br)no1. The molecule has 0 N–H and O–H groups in total. The van der Waals surface area contributed by atoms with Gasteiger partial charge in [-0.15, -0.1) is 0 Å². The zero-order valence-corrected chi connectivity index (χ0v) is 12.6. The van der Waals surface area contributed by atoms with Crippen LogP contribution in [0.2, 0.25) is 0 Å². The van der Waals surface area contributed by atoms with E-state index in [4.69, 9.17) is 9.26 Å². The lowest BCUT2D eigenvalue weighted by molar-refractivity contribution is 0.284. The number of aromatic nitrogens is 2. The van der Waals surface area contributed by atoms with E-state index >= 15 is 0 Å². The molecule has 0 saturated carbocycles. The van der Waals surface area contributed by atoms with E-state index in [-0.39, 0.29) is 0 Å². The molecule has 0 saturated heterocycles. The predicted molar refractivity (Wildman–Crippen MR) is 79.7 cm³/mol. The fraction of sp³-hybridized carbons (Fsp3) is 0.200. The number of nitrogens with zero attached hydrogens (tertiary/aromatic N) is 2. The molecule has 3 rings (SSSR count). The van der Waals surface area contributed by atoms with E-state index in [1.807, 2.05) is 31.2 Å². The van der Waals surface area contributed by atoms with Crippen molar-refractivity contribution in [3.05, 3.63) is 52.6 Å². The van der Waals surface area contributed by atoms with Crippen LogP contribution in [0.4, 0.5) is 0 Å². The summed E-state index contributed by atoms with van der Waals surface area (Å²) in [4.78, 5) is 4.22. The normalized spacial score (nSPS) is 10.9. The molecule has 20 heavy (non-hydrogen) atoms. The van der Waals surface area contributed by atoms with Crippen molar-refractivity contribution in [2.45, 2.75) is 20.0 Å². The molecule has 1 heterocycles. The van der Waals surface area contributed by atoms with Gasteiger partial charge in [-0.25, -0.2) is 0 Å². The first-order valence-electron chi connectivity index (χ1n) is 6.39. The Labute approximate surface area is 124 Å². The molecule has 0 spiro atoms. The van der Waals surface area contributed by atoms with Crippen molar-refractivity contribution in [3.63, 3.8) is 0 Å². The van der Waals surface area contributed by atoms with Crippen LogP contribution in [0.3, 0.4) is 0 Å². The third-order valence-electron chi connectivity index (χ3n) is 3.00. The van der Waals surface area contributed by atoms with Gasteiger partial charge in [-0.3, -0.25) is 0 Å². The average Bonchev–Trinajstić information content (AvgIpc) is 2.95. The topological polar surface area (TPSA) is 48.2 Å². The van der Waals surface area contributed by atoms with Gasteiger partial charge in [0.25, 0.3) is 0 Å². The summed E-state index contributed by atoms with van der Waals surface area (Å²) in [7, 11) is 0. The monoisotopic (exact) mass is 332 g/mol. The fourth-order valence-corrected chi connectivity index (χ4v) is 2.57. The summed E-state index contributed by atoms with van der Waals surface area (Å²) >= 11 is 3.59. The van der Waals surface area contributed by atoms with E-state index in [0.717, 1.165) is 22.0 Å². The lowest BCUT2D eigenvalue weighted by atomic mass is 10.1. The van der Waals surface area contributed by atoms with Crippen LogP contribution in [-0.4, -0.2) is 10.1 Å². The molecule has 0 amide bonds. The van der Waals surface area contributed by atoms with Gasteiger partial charge in [0.2, 0.25) is 11.7 Å². The Balaban J connectivity index is 1.82. The largest absolute Gasteiger partial charge is 0.484 e. The van der Waals surface area contributed by atoms with Crippen molar-refractivity contribution in [1.29, 1.82) is 0 Å². The standard InChI is InChI=1S/C15H13BrN2O2/c1-2-14-17-13(18-20-14)9-19-12-8-7-10-5-3-4-6-11(10)15(12)16/h3-8H,2,9H2,1H3. The molecule has 0 radical (unpaired) electrons. The Morgan fingerprint density at radius 3 is 2.85 bits per heavy atom. The zero-order valence-electron chi connectivity index (χ0n) is 11.0. The Morgan fingerprint density at radius 2 is 2.05 bits per heavy atom. The third-order valence-corrected chi connectivity index (χ3v) is 3.82. The molecule has 1 aromatic heterocycles. The number of halogens is 1. The minimum absolute atomic E-state index is 0.292. The van der Waals surface area contributed by atoms with Gasteiger partial charge in [-0.2, -0.15) is 4.98 Å². The van der Waals surface area contributed by atoms with Crippen LogP contribution in [0.25, 0.3) is 10.8 Å². The van der Waals surface area contributed by atoms with Crippen molar-refractivity contribution >= 4 is 26.7 Å². The van der Waals surface area contributed by atoms with Gasteiger partial charge in [0.1, 0.15) is 5.75 Å². The highest BCUT2D eigenvalue weighted by Crippen LogP contribution is 2.33. The highest BCUT2D eigenvalue weighted by molar-refractivity contribution is 9.10. The molecule has 102 valence electrons. The van der Waals surface area contributed by atoms with Crippen molar-refractivity contribution in [1.82, 2.24) is 10.1 Å². The van der Waals surface area contributed by atoms with E-state index < -0.39 is 0 Å². The van der Waals surface area contributed by atoms with E-state index in [1.165, 1.54) is 5.39 Å². The minimum Gasteiger partial charge on any atom is -0.484 e. The van der Waals surface area contributed by atoms with E-state index in [1.54, 1.807) is 0 Å². The highest BCUT2D eigenvalue weighted by Gasteiger charge is 2.09. The second-order valence-corrected chi connectivity index (χ2v) is 5.14. The fourth-order valence-electron chi connectivity index (χ4n) is 1.96. The second-order valence-electron chi connectivity index (χ2n) is 4.35. The highest BCUT2D eigenvalue weighted by atomic mass is 79.9. The molecular formula is C15H13BrN2O2. The molecule has 0 aliphatic heterocycles. The number of hydrogen-bond donors (Lipinski definition) is 0. The lowest BCUT2D eigenvalue weighted by Crippen LogP contribution is -1.98. The number of aryl methyl sites for hydroxylation is 1. The number of fused-ring (bicyclic) bond motifs is 1.